The van der Waals surface area contributed by atoms with Gasteiger partial charge in [-0.15, -0.1) is 0 Å². The molecular weight excluding hydrogens is 919 g/mol. The van der Waals surface area contributed by atoms with Gasteiger partial charge in [-0.2, -0.15) is 0 Å². The third-order valence-corrected chi connectivity index (χ3v) is 9.41. The van der Waals surface area contributed by atoms with Crippen molar-refractivity contribution in [2.75, 3.05) is 79.1 Å². The largest absolute Gasteiger partial charge is 0.394 e. The quantitative estimate of drug-likeness (QED) is 0.0203. The Morgan fingerprint density at radius 1 is 0.319 bits per heavy atom. The first-order valence-corrected chi connectivity index (χ1v) is 21.3. The standard InChI is InChI=1S/C22H48N2O6.C14H30O4.C4H11NO2.17CH4/c1-3-5-19(7-9-21(27)23-11-15-29-17-13-25)20(6-4-2)8-10-22(28)24-12-16-30-18-14-26;1-3-5-11(7-9-13(15)16)12(6-4-2)8-10-14(17)18;5-1-3-7-4-2-6;;;;;;;;;;;;;;;;;/h19-28H,3-18H2,1-2H3;11-18H,3-10H2,1-2H3;6H,1-5H2;17*1H4. The summed E-state index contributed by atoms with van der Waals surface area (Å²) in [6.07, 6.45) is 11.0. The lowest BCUT2D eigenvalue weighted by atomic mass is 9.79. The van der Waals surface area contributed by atoms with Crippen molar-refractivity contribution >= 4 is 0 Å². The summed E-state index contributed by atoms with van der Waals surface area (Å²) in [4.78, 5) is 0. The number of nitrogens with one attached hydrogen (secondary N) is 2. The summed E-state index contributed by atoms with van der Waals surface area (Å²) in [6.45, 7) is 13.0. The second-order valence-electron chi connectivity index (χ2n) is 14.2. The molecule has 0 bridgehead atoms. The summed E-state index contributed by atoms with van der Waals surface area (Å²) in [5.41, 5.74) is 5.06. The van der Waals surface area contributed by atoms with Crippen LogP contribution in [0.15, 0.2) is 0 Å². The van der Waals surface area contributed by atoms with Crippen molar-refractivity contribution in [2.45, 2.75) is 282 Å². The normalized spacial score (nSPS) is 11.3. The summed E-state index contributed by atoms with van der Waals surface area (Å²) in [5, 5.41) is 88.0. The Hall–Kier alpha value is -0.600. The Morgan fingerprint density at radius 2 is 0.542 bits per heavy atom. The van der Waals surface area contributed by atoms with Crippen molar-refractivity contribution in [2.24, 2.45) is 29.4 Å². The highest BCUT2D eigenvalue weighted by Crippen LogP contribution is 2.32. The highest BCUT2D eigenvalue weighted by atomic mass is 16.5. The Labute approximate surface area is 459 Å². The van der Waals surface area contributed by atoms with Gasteiger partial charge in [0.25, 0.3) is 0 Å². The van der Waals surface area contributed by atoms with Crippen LogP contribution in [0.4, 0.5) is 0 Å². The fraction of sp³-hybridized carbons (Fsp3) is 1.00. The molecule has 0 aromatic carbocycles. The molecule has 0 saturated heterocycles. The van der Waals surface area contributed by atoms with E-state index in [-0.39, 0.29) is 146 Å². The predicted molar refractivity (Wildman–Crippen MR) is 332 cm³/mol. The smallest absolute Gasteiger partial charge is 0.151 e. The first kappa shape index (κ1) is 134. The van der Waals surface area contributed by atoms with Crippen LogP contribution in [0.25, 0.3) is 0 Å². The summed E-state index contributed by atoms with van der Waals surface area (Å²) in [7, 11) is 0. The van der Waals surface area contributed by atoms with Gasteiger partial charge in [-0.25, -0.2) is 0 Å². The van der Waals surface area contributed by atoms with E-state index in [4.69, 9.17) is 55.7 Å². The topological polar surface area (TPSA) is 260 Å². The van der Waals surface area contributed by atoms with Gasteiger partial charge in [0.15, 0.2) is 12.6 Å². The fourth-order valence-corrected chi connectivity index (χ4v) is 6.80. The van der Waals surface area contributed by atoms with Gasteiger partial charge in [-0.1, -0.05) is 205 Å². The molecule has 6 atom stereocenters. The van der Waals surface area contributed by atoms with Gasteiger partial charge in [-0.05, 0) is 75.0 Å². The first-order valence-electron chi connectivity index (χ1n) is 21.3. The molecule has 0 aromatic heterocycles. The van der Waals surface area contributed by atoms with E-state index in [1.807, 2.05) is 0 Å². The number of rotatable bonds is 38. The summed E-state index contributed by atoms with van der Waals surface area (Å²) < 4.78 is 15.2. The van der Waals surface area contributed by atoms with Gasteiger partial charge in [0.1, 0.15) is 12.5 Å². The molecular formula is C57H157N3O12. The number of ether oxygens (including phenoxy) is 3. The van der Waals surface area contributed by atoms with Gasteiger partial charge in [0.05, 0.1) is 59.5 Å². The Balaban J connectivity index is -0.0000000317. The molecule has 0 radical (unpaired) electrons. The number of aliphatic hydroxyl groups excluding tert-OH is 7. The van der Waals surface area contributed by atoms with E-state index in [2.05, 4.69) is 38.3 Å². The highest BCUT2D eigenvalue weighted by molar-refractivity contribution is 4.74. The van der Waals surface area contributed by atoms with Crippen LogP contribution >= 0.6 is 0 Å². The summed E-state index contributed by atoms with van der Waals surface area (Å²) in [5.74, 6) is 1.99. The minimum atomic E-state index is -1.23. The molecule has 15 heteroatoms. The van der Waals surface area contributed by atoms with Crippen molar-refractivity contribution < 1.29 is 60.2 Å². The van der Waals surface area contributed by atoms with Crippen LogP contribution in [0.3, 0.4) is 0 Å². The van der Waals surface area contributed by atoms with E-state index in [1.54, 1.807) is 0 Å². The lowest BCUT2D eigenvalue weighted by Crippen LogP contribution is -2.34. The van der Waals surface area contributed by atoms with Crippen LogP contribution < -0.4 is 16.4 Å². The number of aliphatic hydroxyl groups is 9. The molecule has 0 rings (SSSR count). The van der Waals surface area contributed by atoms with Gasteiger partial charge in [0, 0.05) is 19.6 Å². The zero-order chi connectivity index (χ0) is 42.0. The van der Waals surface area contributed by atoms with Gasteiger partial charge >= 0.3 is 0 Å². The van der Waals surface area contributed by atoms with Crippen molar-refractivity contribution in [1.82, 2.24) is 10.6 Å². The Morgan fingerprint density at radius 3 is 0.736 bits per heavy atom. The molecule has 0 fully saturated rings. The zero-order valence-electron chi connectivity index (χ0n) is 35.2. The van der Waals surface area contributed by atoms with Gasteiger partial charge in [0.2, 0.25) is 0 Å². The third-order valence-electron chi connectivity index (χ3n) is 9.41. The first-order chi connectivity index (χ1) is 26.5. The summed E-state index contributed by atoms with van der Waals surface area (Å²) >= 11 is 0. The minimum absolute atomic E-state index is 0. The molecule has 0 saturated carbocycles. The number of hydrogen-bond acceptors (Lipinski definition) is 15. The molecule has 72 heavy (non-hydrogen) atoms. The molecule has 0 heterocycles. The van der Waals surface area contributed by atoms with Crippen molar-refractivity contribution in [1.29, 1.82) is 0 Å². The van der Waals surface area contributed by atoms with Crippen molar-refractivity contribution in [3.8, 4) is 0 Å². The van der Waals surface area contributed by atoms with Crippen LogP contribution in [0.1, 0.15) is 257 Å². The molecule has 0 aromatic rings. The maximum atomic E-state index is 10.2. The van der Waals surface area contributed by atoms with Crippen LogP contribution in [-0.2, 0) is 14.2 Å². The molecule has 0 aliphatic rings. The van der Waals surface area contributed by atoms with Gasteiger partial charge < -0.3 is 65.9 Å². The molecule has 0 amide bonds. The Kier molecular flexibility index (Phi) is 198. The van der Waals surface area contributed by atoms with Crippen molar-refractivity contribution in [3.63, 3.8) is 0 Å². The lowest BCUT2D eigenvalue weighted by molar-refractivity contribution is -0.0570. The van der Waals surface area contributed by atoms with Gasteiger partial charge in [-0.3, -0.25) is 10.6 Å². The number of nitrogens with two attached hydrogens (primary N) is 1. The molecule has 13 N–H and O–H groups in total. The van der Waals surface area contributed by atoms with Crippen LogP contribution in [0.5, 0.6) is 0 Å². The van der Waals surface area contributed by atoms with E-state index in [0.717, 1.165) is 77.0 Å². The van der Waals surface area contributed by atoms with E-state index < -0.39 is 25.0 Å². The zero-order valence-corrected chi connectivity index (χ0v) is 35.2. The fourth-order valence-electron chi connectivity index (χ4n) is 6.80. The van der Waals surface area contributed by atoms with Crippen LogP contribution in [0.2, 0.25) is 0 Å². The average Bonchev–Trinajstić information content (AvgIpc) is 3.15. The second-order valence-corrected chi connectivity index (χ2v) is 14.2. The molecule has 472 valence electrons. The minimum Gasteiger partial charge on any atom is -0.394 e. The second kappa shape index (κ2) is 107. The summed E-state index contributed by atoms with van der Waals surface area (Å²) in [6, 6.07) is 0. The van der Waals surface area contributed by atoms with Crippen LogP contribution in [0, 0.1) is 23.7 Å². The van der Waals surface area contributed by atoms with E-state index in [0.29, 0.717) is 109 Å². The maximum absolute atomic E-state index is 10.2. The number of hydrogen-bond donors (Lipinski definition) is 12. The SMILES string of the molecule is C.C.C.C.C.C.C.C.C.C.C.C.C.C.C.C.C.CCCC(CCC(O)NCCOCCO)C(CCC)CCC(O)NCCOCCO.CCCC(CCC(O)O)C(CCC)CCC(O)O.NCCOCCO. The van der Waals surface area contributed by atoms with E-state index in [9.17, 15) is 10.2 Å². The molecule has 0 spiro atoms. The average molecular weight is 1080 g/mol. The Bertz CT molecular complexity index is 669. The van der Waals surface area contributed by atoms with E-state index in [1.165, 1.54) is 0 Å². The highest BCUT2D eigenvalue weighted by Gasteiger charge is 2.23. The molecule has 15 nitrogen and oxygen atoms in total. The molecule has 0 aliphatic heterocycles. The molecule has 6 unspecified atom stereocenters. The third kappa shape index (κ3) is 98.5. The van der Waals surface area contributed by atoms with Crippen molar-refractivity contribution in [3.05, 3.63) is 0 Å². The van der Waals surface area contributed by atoms with Crippen LogP contribution in [-0.4, -0.2) is 150 Å². The monoisotopic (exact) mass is 1080 g/mol. The van der Waals surface area contributed by atoms with E-state index >= 15 is 0 Å². The predicted octanol–water partition coefficient (Wildman–Crippen LogP) is 13.0. The molecule has 0 aliphatic carbocycles. The maximum Gasteiger partial charge on any atom is 0.151 e. The lowest BCUT2D eigenvalue weighted by Gasteiger charge is -2.29.